The van der Waals surface area contributed by atoms with Gasteiger partial charge in [-0.3, -0.25) is 0 Å². The molecule has 4 aromatic heterocycles. The summed E-state index contributed by atoms with van der Waals surface area (Å²) in [6.07, 6.45) is 21.8. The van der Waals surface area contributed by atoms with Crippen molar-refractivity contribution in [2.75, 3.05) is 7.11 Å². The molecule has 0 amide bonds. The molecular weight excluding hydrogens is 1880 g/mol. The van der Waals surface area contributed by atoms with E-state index in [1.165, 1.54) is 150 Å². The Kier molecular flexibility index (Phi) is 47.4. The molecule has 3 fully saturated rings. The van der Waals surface area contributed by atoms with Crippen LogP contribution in [0.3, 0.4) is 0 Å². The molecule has 0 N–H and O–H groups in total. The van der Waals surface area contributed by atoms with Crippen LogP contribution in [0.2, 0.25) is 0 Å². The molecule has 5 heterocycles. The third-order valence-corrected chi connectivity index (χ3v) is 22.2. The fraction of sp³-hybridized carbons (Fsp3) is 0.227. The summed E-state index contributed by atoms with van der Waals surface area (Å²) in [6, 6.07) is 100.0. The Bertz CT molecular complexity index is 4160. The van der Waals surface area contributed by atoms with E-state index in [4.69, 9.17) is 28.8 Å². The van der Waals surface area contributed by atoms with Gasteiger partial charge in [0.2, 0.25) is 0 Å². The minimum atomic E-state index is -3.15. The van der Waals surface area contributed by atoms with Crippen LogP contribution in [0, 0.1) is 31.2 Å². The average molecular weight is 1970 g/mol. The quantitative estimate of drug-likeness (QED) is 0.0378. The van der Waals surface area contributed by atoms with E-state index in [0.29, 0.717) is 0 Å². The summed E-state index contributed by atoms with van der Waals surface area (Å²) in [5, 5.41) is 10.2. The molecule has 108 heavy (non-hydrogen) atoms. The van der Waals surface area contributed by atoms with E-state index >= 15 is 0 Å². The van der Waals surface area contributed by atoms with Crippen molar-refractivity contribution < 1.29 is 125 Å². The molecule has 1 aliphatic heterocycles. The summed E-state index contributed by atoms with van der Waals surface area (Å²) in [7, 11) is -1.79. The minimum Gasteiger partial charge on any atom is -0.305 e. The zero-order valence-electron chi connectivity index (χ0n) is 63.0. The van der Waals surface area contributed by atoms with Crippen molar-refractivity contribution in [2.45, 2.75) is 121 Å². The molecule has 2 radical (unpaired) electrons. The minimum absolute atomic E-state index is 0. The molecular formula is C88H87BBrIr2K3N4O7P2-4. The first-order valence-electron chi connectivity index (χ1n) is 35.9. The van der Waals surface area contributed by atoms with Crippen LogP contribution < -0.4 is 77.0 Å². The summed E-state index contributed by atoms with van der Waals surface area (Å²) in [5.41, 5.74) is 16.3. The third kappa shape index (κ3) is 31.8. The SMILES string of the molecule is Brc1ccccc1.CC1(C)OB(c2ccc(-c3[c-]cccc3)nc2)OC1(C)C.COc1cccc(C)c1-c1cccc(P(C2CCCCC2)C2CCCCC2)c1.O=[P+]([O-])O[O-].[Ir].[Ir].[K+].[K][K].[c-]1ccccc1-c1ccc(-c2ccccc2)cn1.[c-]1ccccc1-c1ccccn1.[c-]1ccccc1-c1ccccn1. The Hall–Kier alpha value is -2.76. The molecule has 15 rings (SSSR count). The van der Waals surface area contributed by atoms with Crippen molar-refractivity contribution in [1.29, 1.82) is 0 Å². The molecule has 20 heteroatoms. The second kappa shape index (κ2) is 53.4. The van der Waals surface area contributed by atoms with Crippen molar-refractivity contribution in [1.82, 2.24) is 19.9 Å². The van der Waals surface area contributed by atoms with Gasteiger partial charge in [-0.15, -0.1) is 144 Å². The molecule has 1 atom stereocenters. The number of rotatable bonds is 12. The van der Waals surface area contributed by atoms with E-state index in [0.717, 1.165) is 77.6 Å². The van der Waals surface area contributed by atoms with Gasteiger partial charge in [-0.1, -0.05) is 190 Å². The molecule has 3 aliphatic rings. The maximum atomic E-state index is 8.87. The van der Waals surface area contributed by atoms with Crippen LogP contribution in [-0.2, 0) is 58.8 Å². The van der Waals surface area contributed by atoms with Crippen LogP contribution in [0.15, 0.2) is 290 Å². The van der Waals surface area contributed by atoms with Crippen molar-refractivity contribution in [3.05, 3.63) is 320 Å². The van der Waals surface area contributed by atoms with Crippen LogP contribution in [0.1, 0.15) is 97.5 Å². The molecule has 1 unspecified atom stereocenters. The summed E-state index contributed by atoms with van der Waals surface area (Å²) < 4.78 is 30.2. The number of hydrogen-bond donors (Lipinski definition) is 0. The standard InChI is InChI=1S/C26H35OP.C17H19BNO2.C17H12N.2C11H8N.C6H5Br.2Ir.3K.HO4P/c1-20-11-9-18-25(27-2)26(20)21-12-10-17-24(19-21)28(22-13-5-3-6-14-22)23-15-7-4-8-16-23;1-16(2)17(3,4)21-18(20-16)14-10-11-15(19-12-14)13-8-6-5-7-9-13;1-3-7-14(8-4-1)16-11-12-17(18-13-16)15-9-5-2-6-10-15;2*1-2-6-10(7-3-1)11-8-4-5-9-12-11;7-6-4-2-1-3-5-6;;;;;;1-4-5(2)3/h9-12,17-19,22-23H,3-8,13-16H2,1-2H3;5-8,10-12H,1-4H3;1-9,11-13H;2*1-6,8-9H;1-5H;;;;;;1H/q;4*-1;;;;;;+1;/p-1. The van der Waals surface area contributed by atoms with Gasteiger partial charge in [0.15, 0.2) is 0 Å². The first kappa shape index (κ1) is 95.8. The Morgan fingerprint density at radius 1 is 0.500 bits per heavy atom. The molecule has 2 saturated carbocycles. The smallest absolute Gasteiger partial charge is 0.0239 e. The number of aromatic nitrogens is 4. The number of aryl methyl sites for hydroxylation is 1. The second-order valence-corrected chi connectivity index (χ2v) is 30.0. The fourth-order valence-electron chi connectivity index (χ4n) is 12.1. The molecule has 11 nitrogen and oxygen atoms in total. The molecule has 1 saturated heterocycles. The van der Waals surface area contributed by atoms with Gasteiger partial charge in [0.05, 0.1) is 18.3 Å². The molecule has 2 aliphatic carbocycles. The molecule has 546 valence electrons. The Balaban J connectivity index is 0.000000236. The largest absolute Gasteiger partial charge is 0.305 e. The van der Waals surface area contributed by atoms with E-state index in [1.807, 2.05) is 240 Å². The maximum absolute atomic E-state index is 8.87. The predicted molar refractivity (Wildman–Crippen MR) is 433 cm³/mol. The maximum Gasteiger partial charge on any atom is 0.0239 e. The van der Waals surface area contributed by atoms with Gasteiger partial charge >= 0.3 is 130 Å². The fourth-order valence-corrected chi connectivity index (χ4v) is 16.3. The number of hydrogen-bond acceptors (Lipinski definition) is 11. The summed E-state index contributed by atoms with van der Waals surface area (Å²) in [5.74, 6) is 0.997. The van der Waals surface area contributed by atoms with Crippen LogP contribution in [-0.4, -0.2) is 120 Å². The van der Waals surface area contributed by atoms with Gasteiger partial charge in [-0.2, -0.15) is 0 Å². The zero-order valence-corrected chi connectivity index (χ0v) is 80.6. The van der Waals surface area contributed by atoms with Crippen LogP contribution in [0.25, 0.3) is 67.3 Å². The van der Waals surface area contributed by atoms with Crippen molar-refractivity contribution in [3.63, 3.8) is 0 Å². The number of methoxy groups -OCH3 is 1. The van der Waals surface area contributed by atoms with Crippen LogP contribution >= 0.6 is 32.1 Å². The van der Waals surface area contributed by atoms with E-state index in [9.17, 15) is 0 Å². The van der Waals surface area contributed by atoms with Gasteiger partial charge in [0.1, 0.15) is 5.75 Å². The van der Waals surface area contributed by atoms with E-state index < -0.39 is 8.25 Å². The number of benzene rings is 8. The summed E-state index contributed by atoms with van der Waals surface area (Å²) in [6.45, 7) is 10.4. The van der Waals surface area contributed by atoms with E-state index in [1.54, 1.807) is 24.8 Å². The summed E-state index contributed by atoms with van der Waals surface area (Å²) >= 11 is 5.81. The monoisotopic (exact) mass is 1970 g/mol. The van der Waals surface area contributed by atoms with Gasteiger partial charge in [-0.05, 0) is 168 Å². The molecule has 0 spiro atoms. The average Bonchev–Trinajstić information content (AvgIpc) is 1.53. The number of ether oxygens (including phenoxy) is 1. The molecule has 12 aromatic rings. The van der Waals surface area contributed by atoms with Crippen molar-refractivity contribution in [3.8, 4) is 73.0 Å². The van der Waals surface area contributed by atoms with Crippen LogP contribution in [0.5, 0.6) is 5.75 Å². The third-order valence-electron chi connectivity index (χ3n) is 18.1. The zero-order chi connectivity index (χ0) is 74.5. The molecule has 0 bridgehead atoms. The normalized spacial score (nSPS) is 13.8. The van der Waals surface area contributed by atoms with E-state index in [2.05, 4.69) is 132 Å². The van der Waals surface area contributed by atoms with Crippen molar-refractivity contribution in [2.24, 2.45) is 0 Å². The molecule has 8 aromatic carbocycles. The second-order valence-electron chi connectivity index (χ2n) is 25.7. The van der Waals surface area contributed by atoms with E-state index in [-0.39, 0.29) is 118 Å². The van der Waals surface area contributed by atoms with Gasteiger partial charge in [0.25, 0.3) is 0 Å². The first-order chi connectivity index (χ1) is 51.2. The van der Waals surface area contributed by atoms with Gasteiger partial charge in [-0.25, -0.2) is 4.67 Å². The Morgan fingerprint density at radius 2 is 0.907 bits per heavy atom. The number of pyridine rings is 4. The topological polar surface area (TPSA) is 152 Å². The Morgan fingerprint density at radius 3 is 1.28 bits per heavy atom. The van der Waals surface area contributed by atoms with Crippen molar-refractivity contribution >= 4 is 113 Å². The van der Waals surface area contributed by atoms with Gasteiger partial charge < -0.3 is 44.1 Å². The number of nitrogens with zero attached hydrogens (tertiary/aromatic N) is 4. The van der Waals surface area contributed by atoms with Crippen LogP contribution in [0.4, 0.5) is 0 Å². The number of halogens is 1. The first-order valence-corrected chi connectivity index (χ1v) is 55.3. The summed E-state index contributed by atoms with van der Waals surface area (Å²) in [4.78, 5) is 26.3. The predicted octanol–water partition coefficient (Wildman–Crippen LogP) is 16.6. The Labute approximate surface area is 766 Å². The van der Waals surface area contributed by atoms with Gasteiger partial charge in [0, 0.05) is 75.0 Å².